The fourth-order valence-electron chi connectivity index (χ4n) is 3.48. The number of hydrogen-bond acceptors (Lipinski definition) is 3. The third-order valence-electron chi connectivity index (χ3n) is 4.68. The zero-order valence-electron chi connectivity index (χ0n) is 11.7. The first-order chi connectivity index (χ1) is 9.47. The largest absolute Gasteiger partial charge is 0.296 e. The summed E-state index contributed by atoms with van der Waals surface area (Å²) in [5.41, 5.74) is 2.75. The van der Waals surface area contributed by atoms with Crippen LogP contribution in [0.5, 0.6) is 0 Å². The molecule has 0 spiro atoms. The summed E-state index contributed by atoms with van der Waals surface area (Å²) < 4.78 is 24.4. The minimum Gasteiger partial charge on any atom is -0.296 e. The van der Waals surface area contributed by atoms with E-state index < -0.39 is 10.2 Å². The normalized spacial score (nSPS) is 27.1. The number of piperidine rings is 1. The maximum absolute atomic E-state index is 11.5. The molecular weight excluding hydrogens is 274 g/mol. The van der Waals surface area contributed by atoms with Crippen molar-refractivity contribution >= 4 is 10.2 Å². The van der Waals surface area contributed by atoms with Crippen molar-refractivity contribution in [3.05, 3.63) is 35.4 Å². The molecule has 2 atom stereocenters. The Bertz CT molecular complexity index is 602. The van der Waals surface area contributed by atoms with Crippen LogP contribution in [0.4, 0.5) is 0 Å². The zero-order chi connectivity index (χ0) is 14.3. The van der Waals surface area contributed by atoms with Crippen LogP contribution in [0.1, 0.15) is 30.0 Å². The van der Waals surface area contributed by atoms with Crippen molar-refractivity contribution in [2.75, 3.05) is 20.1 Å². The van der Waals surface area contributed by atoms with E-state index in [0.717, 1.165) is 32.4 Å². The van der Waals surface area contributed by atoms with E-state index in [0.29, 0.717) is 6.04 Å². The SMILES string of the molecule is CN([C@@H]1CCN2CCc3ccccc3[C@@H]2C1)S(N)(=O)=O. The van der Waals surface area contributed by atoms with E-state index in [-0.39, 0.29) is 6.04 Å². The van der Waals surface area contributed by atoms with Crippen molar-refractivity contribution < 1.29 is 8.42 Å². The number of rotatable bonds is 2. The van der Waals surface area contributed by atoms with Crippen LogP contribution in [-0.4, -0.2) is 43.8 Å². The van der Waals surface area contributed by atoms with Gasteiger partial charge in [-0.2, -0.15) is 12.7 Å². The van der Waals surface area contributed by atoms with Crippen molar-refractivity contribution in [3.63, 3.8) is 0 Å². The van der Waals surface area contributed by atoms with Gasteiger partial charge in [-0.3, -0.25) is 4.90 Å². The third-order valence-corrected chi connectivity index (χ3v) is 5.78. The van der Waals surface area contributed by atoms with Crippen molar-refractivity contribution in [2.24, 2.45) is 5.14 Å². The second-order valence-electron chi connectivity index (χ2n) is 5.74. The van der Waals surface area contributed by atoms with Gasteiger partial charge in [-0.15, -0.1) is 0 Å². The molecule has 0 aromatic heterocycles. The lowest BCUT2D eigenvalue weighted by Gasteiger charge is -2.45. The summed E-state index contributed by atoms with van der Waals surface area (Å²) in [7, 11) is -2.02. The molecule has 1 aromatic carbocycles. The van der Waals surface area contributed by atoms with Crippen molar-refractivity contribution in [1.82, 2.24) is 9.21 Å². The highest BCUT2D eigenvalue weighted by Crippen LogP contribution is 2.37. The van der Waals surface area contributed by atoms with Crippen LogP contribution in [0, 0.1) is 0 Å². The van der Waals surface area contributed by atoms with Gasteiger partial charge in [0.15, 0.2) is 0 Å². The van der Waals surface area contributed by atoms with Crippen LogP contribution >= 0.6 is 0 Å². The minimum absolute atomic E-state index is 0.00240. The summed E-state index contributed by atoms with van der Waals surface area (Å²) in [6, 6.07) is 8.81. The van der Waals surface area contributed by atoms with Gasteiger partial charge in [0.1, 0.15) is 0 Å². The number of nitrogens with two attached hydrogens (primary N) is 1. The quantitative estimate of drug-likeness (QED) is 0.881. The molecule has 6 heteroatoms. The Kier molecular flexibility index (Phi) is 3.58. The van der Waals surface area contributed by atoms with Gasteiger partial charge < -0.3 is 0 Å². The van der Waals surface area contributed by atoms with Gasteiger partial charge in [0.25, 0.3) is 10.2 Å². The topological polar surface area (TPSA) is 66.6 Å². The van der Waals surface area contributed by atoms with Crippen LogP contribution in [0.25, 0.3) is 0 Å². The van der Waals surface area contributed by atoms with Crippen LogP contribution in [0.15, 0.2) is 24.3 Å². The fraction of sp³-hybridized carbons (Fsp3) is 0.571. The standard InChI is InChI=1S/C14H21N3O2S/c1-16(20(15,18)19)12-7-9-17-8-6-11-4-2-3-5-13(11)14(17)10-12/h2-5,12,14H,6-10H2,1H3,(H2,15,18,19)/t12-,14+/m1/s1. The Morgan fingerprint density at radius 1 is 1.30 bits per heavy atom. The van der Waals surface area contributed by atoms with Gasteiger partial charge >= 0.3 is 0 Å². The number of nitrogens with zero attached hydrogens (tertiary/aromatic N) is 2. The Morgan fingerprint density at radius 2 is 2.05 bits per heavy atom. The molecule has 2 aliphatic heterocycles. The molecule has 2 heterocycles. The lowest BCUT2D eigenvalue weighted by Crippen LogP contribution is -2.50. The Balaban J connectivity index is 1.86. The van der Waals surface area contributed by atoms with Gasteiger partial charge in [-0.1, -0.05) is 24.3 Å². The maximum atomic E-state index is 11.5. The lowest BCUT2D eigenvalue weighted by molar-refractivity contribution is 0.0970. The number of benzene rings is 1. The smallest absolute Gasteiger partial charge is 0.276 e. The lowest BCUT2D eigenvalue weighted by atomic mass is 9.85. The molecule has 5 nitrogen and oxygen atoms in total. The van der Waals surface area contributed by atoms with Crippen LogP contribution in [0.3, 0.4) is 0 Å². The summed E-state index contributed by atoms with van der Waals surface area (Å²) in [6.07, 6.45) is 2.76. The van der Waals surface area contributed by atoms with E-state index in [9.17, 15) is 8.42 Å². The molecule has 1 saturated heterocycles. The van der Waals surface area contributed by atoms with Crippen LogP contribution < -0.4 is 5.14 Å². The molecule has 110 valence electrons. The molecule has 2 N–H and O–H groups in total. The molecule has 0 aliphatic carbocycles. The highest BCUT2D eigenvalue weighted by atomic mass is 32.2. The molecule has 2 aliphatic rings. The Hall–Kier alpha value is -0.950. The molecule has 0 radical (unpaired) electrons. The van der Waals surface area contributed by atoms with Gasteiger partial charge in [0, 0.05) is 32.2 Å². The summed E-state index contributed by atoms with van der Waals surface area (Å²) >= 11 is 0. The van der Waals surface area contributed by atoms with Gasteiger partial charge in [0.2, 0.25) is 0 Å². The summed E-state index contributed by atoms with van der Waals surface area (Å²) in [6.45, 7) is 2.00. The van der Waals surface area contributed by atoms with E-state index >= 15 is 0 Å². The Morgan fingerprint density at radius 3 is 2.80 bits per heavy atom. The molecular formula is C14H21N3O2S. The first kappa shape index (κ1) is 14.0. The Labute approximate surface area is 120 Å². The first-order valence-corrected chi connectivity index (χ1v) is 8.55. The second kappa shape index (κ2) is 5.11. The molecule has 3 rings (SSSR count). The van der Waals surface area contributed by atoms with E-state index in [1.807, 2.05) is 0 Å². The number of fused-ring (bicyclic) bond motifs is 3. The molecule has 0 saturated carbocycles. The second-order valence-corrected chi connectivity index (χ2v) is 7.35. The zero-order valence-corrected chi connectivity index (χ0v) is 12.5. The monoisotopic (exact) mass is 295 g/mol. The van der Waals surface area contributed by atoms with Crippen molar-refractivity contribution in [2.45, 2.75) is 31.3 Å². The van der Waals surface area contributed by atoms with E-state index in [1.165, 1.54) is 15.4 Å². The van der Waals surface area contributed by atoms with Crippen molar-refractivity contribution in [3.8, 4) is 0 Å². The molecule has 0 unspecified atom stereocenters. The summed E-state index contributed by atoms with van der Waals surface area (Å²) in [5.74, 6) is 0. The predicted molar refractivity (Wildman–Crippen MR) is 78.4 cm³/mol. The fourth-order valence-corrected chi connectivity index (χ4v) is 4.08. The van der Waals surface area contributed by atoms with Gasteiger partial charge in [-0.05, 0) is 30.4 Å². The molecule has 0 amide bonds. The van der Waals surface area contributed by atoms with Gasteiger partial charge in [0.05, 0.1) is 0 Å². The molecule has 20 heavy (non-hydrogen) atoms. The third kappa shape index (κ3) is 2.48. The minimum atomic E-state index is -3.60. The molecule has 1 fully saturated rings. The highest BCUT2D eigenvalue weighted by molar-refractivity contribution is 7.86. The summed E-state index contributed by atoms with van der Waals surface area (Å²) in [4.78, 5) is 2.47. The van der Waals surface area contributed by atoms with E-state index in [2.05, 4.69) is 29.2 Å². The average molecular weight is 295 g/mol. The highest BCUT2D eigenvalue weighted by Gasteiger charge is 2.36. The van der Waals surface area contributed by atoms with Gasteiger partial charge in [-0.25, -0.2) is 5.14 Å². The molecule has 0 bridgehead atoms. The van der Waals surface area contributed by atoms with Crippen molar-refractivity contribution in [1.29, 1.82) is 0 Å². The first-order valence-electron chi connectivity index (χ1n) is 7.04. The number of hydrogen-bond donors (Lipinski definition) is 1. The summed E-state index contributed by atoms with van der Waals surface area (Å²) in [5, 5.41) is 5.26. The maximum Gasteiger partial charge on any atom is 0.276 e. The predicted octanol–water partition coefficient (Wildman–Crippen LogP) is 0.884. The van der Waals surface area contributed by atoms with Crippen LogP contribution in [-0.2, 0) is 16.6 Å². The van der Waals surface area contributed by atoms with E-state index in [1.54, 1.807) is 7.05 Å². The van der Waals surface area contributed by atoms with Crippen LogP contribution in [0.2, 0.25) is 0 Å². The van der Waals surface area contributed by atoms with E-state index in [4.69, 9.17) is 5.14 Å². The molecule has 1 aromatic rings. The average Bonchev–Trinajstić information content (AvgIpc) is 2.45.